The van der Waals surface area contributed by atoms with Crippen molar-refractivity contribution in [3.63, 3.8) is 0 Å². The maximum absolute atomic E-state index is 11.5. The minimum Gasteiger partial charge on any atom is -1.00 e. The average Bonchev–Trinajstić information content (AvgIpc) is 2.53. The third-order valence-corrected chi connectivity index (χ3v) is 1.89. The number of aromatic nitrogens is 4. The second kappa shape index (κ2) is 4.54. The molecule has 2 N–H and O–H groups in total. The molecule has 14 heavy (non-hydrogen) atoms. The van der Waals surface area contributed by atoms with Crippen LogP contribution in [0.5, 0.6) is 0 Å². The van der Waals surface area contributed by atoms with E-state index in [4.69, 9.17) is 0 Å². The van der Waals surface area contributed by atoms with Crippen LogP contribution in [0.15, 0.2) is 15.9 Å². The first-order valence-electron chi connectivity index (χ1n) is 3.90. The van der Waals surface area contributed by atoms with Gasteiger partial charge in [0.05, 0.1) is 6.33 Å². The Kier molecular flexibility index (Phi) is 3.84. The van der Waals surface area contributed by atoms with Gasteiger partial charge in [0, 0.05) is 6.54 Å². The molecule has 0 aliphatic carbocycles. The van der Waals surface area contributed by atoms with Crippen molar-refractivity contribution in [2.75, 3.05) is 0 Å². The van der Waals surface area contributed by atoms with Gasteiger partial charge >= 0.3 is 57.1 Å². The largest absolute Gasteiger partial charge is 1.00 e. The fraction of sp³-hybridized carbons (Fsp3) is 0.286. The van der Waals surface area contributed by atoms with Crippen LogP contribution in [0.1, 0.15) is 8.35 Å². The van der Waals surface area contributed by atoms with E-state index >= 15 is 0 Å². The standard InChI is InChI=1S/C7H8N4O2.K.H/c1-2-11-6(12)4-5(9-3-8-4)10-7(11)13;;/h3H,2H2,1H3,(H,8,9)(H,10,13);;/q;+1;-1. The molecule has 0 aliphatic heterocycles. The Bertz CT molecular complexity index is 558. The van der Waals surface area contributed by atoms with E-state index in [-0.39, 0.29) is 58.4 Å². The molecule has 2 aromatic heterocycles. The summed E-state index contributed by atoms with van der Waals surface area (Å²) in [5.41, 5.74) is -0.119. The van der Waals surface area contributed by atoms with Crippen molar-refractivity contribution in [1.29, 1.82) is 0 Å². The van der Waals surface area contributed by atoms with Gasteiger partial charge in [0.1, 0.15) is 5.52 Å². The van der Waals surface area contributed by atoms with E-state index in [1.165, 1.54) is 6.33 Å². The second-order valence-corrected chi connectivity index (χ2v) is 2.61. The van der Waals surface area contributed by atoms with Crippen LogP contribution in [-0.4, -0.2) is 19.5 Å². The van der Waals surface area contributed by atoms with E-state index in [1.807, 2.05) is 0 Å². The molecule has 0 spiro atoms. The molecule has 70 valence electrons. The summed E-state index contributed by atoms with van der Waals surface area (Å²) in [6.45, 7) is 2.09. The Labute approximate surface area is 123 Å². The van der Waals surface area contributed by atoms with E-state index in [1.54, 1.807) is 6.92 Å². The summed E-state index contributed by atoms with van der Waals surface area (Å²) >= 11 is 0. The van der Waals surface area contributed by atoms with Crippen molar-refractivity contribution in [2.45, 2.75) is 13.5 Å². The van der Waals surface area contributed by atoms with E-state index < -0.39 is 5.69 Å². The maximum atomic E-state index is 11.5. The Morgan fingerprint density at radius 1 is 1.57 bits per heavy atom. The molecule has 0 amide bonds. The first kappa shape index (κ1) is 11.9. The number of aromatic amines is 2. The number of rotatable bonds is 1. The maximum Gasteiger partial charge on any atom is 1.00 e. The van der Waals surface area contributed by atoms with Crippen LogP contribution in [-0.2, 0) is 6.54 Å². The molecule has 0 aromatic carbocycles. The van der Waals surface area contributed by atoms with Gasteiger partial charge in [0.15, 0.2) is 5.65 Å². The van der Waals surface area contributed by atoms with Gasteiger partial charge in [-0.15, -0.1) is 0 Å². The number of hydrogen-bond donors (Lipinski definition) is 2. The summed E-state index contributed by atoms with van der Waals surface area (Å²) in [6, 6.07) is 0. The molecule has 2 heterocycles. The Morgan fingerprint density at radius 2 is 2.29 bits per heavy atom. The molecule has 0 bridgehead atoms. The summed E-state index contributed by atoms with van der Waals surface area (Å²) < 4.78 is 1.11. The number of H-pyrrole nitrogens is 2. The molecule has 7 heteroatoms. The second-order valence-electron chi connectivity index (χ2n) is 2.61. The Balaban J connectivity index is 0.000000980. The molecule has 0 unspecified atom stereocenters. The van der Waals surface area contributed by atoms with Crippen molar-refractivity contribution in [2.24, 2.45) is 0 Å². The van der Waals surface area contributed by atoms with Crippen LogP contribution in [0.3, 0.4) is 0 Å². The van der Waals surface area contributed by atoms with Crippen LogP contribution >= 0.6 is 0 Å². The predicted molar refractivity (Wildman–Crippen MR) is 47.8 cm³/mol. The number of imidazole rings is 1. The molecule has 2 rings (SSSR count). The van der Waals surface area contributed by atoms with Crippen LogP contribution < -0.4 is 62.6 Å². The smallest absolute Gasteiger partial charge is 1.00 e. The van der Waals surface area contributed by atoms with Gasteiger partial charge in [-0.25, -0.2) is 9.78 Å². The van der Waals surface area contributed by atoms with E-state index in [2.05, 4.69) is 15.0 Å². The zero-order chi connectivity index (χ0) is 9.42. The van der Waals surface area contributed by atoms with E-state index in [0.717, 1.165) is 4.57 Å². The molecule has 2 aromatic rings. The zero-order valence-electron chi connectivity index (χ0n) is 9.00. The summed E-state index contributed by atoms with van der Waals surface area (Å²) in [5, 5.41) is 0. The minimum atomic E-state index is -0.424. The average molecular weight is 220 g/mol. The fourth-order valence-corrected chi connectivity index (χ4v) is 1.24. The van der Waals surface area contributed by atoms with Crippen molar-refractivity contribution in [3.8, 4) is 0 Å². The van der Waals surface area contributed by atoms with Crippen LogP contribution in [0, 0.1) is 0 Å². The monoisotopic (exact) mass is 220 g/mol. The zero-order valence-corrected chi connectivity index (χ0v) is 11.1. The van der Waals surface area contributed by atoms with Gasteiger partial charge in [-0.05, 0) is 6.92 Å². The summed E-state index contributed by atoms with van der Waals surface area (Å²) in [5.74, 6) is 0. The predicted octanol–water partition coefficient (Wildman–Crippen LogP) is -3.45. The molecular weight excluding hydrogens is 211 g/mol. The molecule has 0 atom stereocenters. The third-order valence-electron chi connectivity index (χ3n) is 1.89. The van der Waals surface area contributed by atoms with Gasteiger partial charge in [0.2, 0.25) is 0 Å². The molecule has 6 nitrogen and oxygen atoms in total. The number of nitrogens with one attached hydrogen (secondary N) is 2. The molecular formula is C7H9KN4O2. The quantitative estimate of drug-likeness (QED) is 0.490. The number of hydrogen-bond acceptors (Lipinski definition) is 3. The summed E-state index contributed by atoms with van der Waals surface area (Å²) in [6.07, 6.45) is 1.38. The third kappa shape index (κ3) is 1.78. The SMILES string of the molecule is CCn1c(=O)[nH]c2nc[nH]c2c1=O.[H-].[K+]. The fourth-order valence-electron chi connectivity index (χ4n) is 1.24. The molecule has 0 saturated heterocycles. The van der Waals surface area contributed by atoms with Crippen molar-refractivity contribution in [3.05, 3.63) is 27.2 Å². The Hall–Kier alpha value is -0.214. The summed E-state index contributed by atoms with van der Waals surface area (Å²) in [4.78, 5) is 31.7. The van der Waals surface area contributed by atoms with E-state index in [0.29, 0.717) is 17.7 Å². The Morgan fingerprint density at radius 3 is 2.93 bits per heavy atom. The van der Waals surface area contributed by atoms with Gasteiger partial charge in [0.25, 0.3) is 5.56 Å². The van der Waals surface area contributed by atoms with Gasteiger partial charge in [-0.3, -0.25) is 14.3 Å². The van der Waals surface area contributed by atoms with Crippen LogP contribution in [0.4, 0.5) is 0 Å². The molecule has 0 fully saturated rings. The normalized spacial score (nSPS) is 10.1. The van der Waals surface area contributed by atoms with Gasteiger partial charge in [-0.2, -0.15) is 0 Å². The summed E-state index contributed by atoms with van der Waals surface area (Å²) in [7, 11) is 0. The van der Waals surface area contributed by atoms with E-state index in [9.17, 15) is 9.59 Å². The molecule has 0 aliphatic rings. The first-order chi connectivity index (χ1) is 6.24. The molecule has 0 saturated carbocycles. The number of nitrogens with zero attached hydrogens (tertiary/aromatic N) is 2. The van der Waals surface area contributed by atoms with Crippen molar-refractivity contribution >= 4 is 11.2 Å². The van der Waals surface area contributed by atoms with Gasteiger partial charge in [-0.1, -0.05) is 0 Å². The van der Waals surface area contributed by atoms with Crippen molar-refractivity contribution in [1.82, 2.24) is 19.5 Å². The van der Waals surface area contributed by atoms with Crippen molar-refractivity contribution < 1.29 is 52.8 Å². The van der Waals surface area contributed by atoms with Crippen LogP contribution in [0.25, 0.3) is 11.2 Å². The molecule has 0 radical (unpaired) electrons. The van der Waals surface area contributed by atoms with Crippen LogP contribution in [0.2, 0.25) is 0 Å². The first-order valence-corrected chi connectivity index (χ1v) is 3.90. The van der Waals surface area contributed by atoms with Gasteiger partial charge < -0.3 is 6.41 Å². The number of fused-ring (bicyclic) bond motifs is 1. The minimum absolute atomic E-state index is 0. The topological polar surface area (TPSA) is 83.5 Å².